The monoisotopic (exact) mass is 322 g/mol. The Morgan fingerprint density at radius 1 is 1.04 bits per heavy atom. The van der Waals surface area contributed by atoms with E-state index in [0.29, 0.717) is 0 Å². The third-order valence-corrected chi connectivity index (χ3v) is 6.23. The molecular formula is C19H22N4O. The average molecular weight is 322 g/mol. The molecule has 1 aromatic carbocycles. The highest BCUT2D eigenvalue weighted by molar-refractivity contribution is 5.94. The zero-order valence-electron chi connectivity index (χ0n) is 13.7. The van der Waals surface area contributed by atoms with Gasteiger partial charge in [-0.15, -0.1) is 0 Å². The van der Waals surface area contributed by atoms with E-state index < -0.39 is 0 Å². The number of aromatic nitrogens is 3. The summed E-state index contributed by atoms with van der Waals surface area (Å²) in [4.78, 5) is 16.7. The summed E-state index contributed by atoms with van der Waals surface area (Å²) in [6.45, 7) is 0. The van der Waals surface area contributed by atoms with Crippen molar-refractivity contribution in [2.24, 2.45) is 17.8 Å². The van der Waals surface area contributed by atoms with E-state index in [1.807, 2.05) is 24.3 Å². The fraction of sp³-hybridized carbons (Fsp3) is 0.526. The minimum absolute atomic E-state index is 0.0659. The minimum Gasteiger partial charge on any atom is -0.347 e. The normalized spacial score (nSPS) is 33.6. The lowest BCUT2D eigenvalue weighted by molar-refractivity contribution is -0.0167. The van der Waals surface area contributed by atoms with Crippen molar-refractivity contribution in [3.05, 3.63) is 42.5 Å². The van der Waals surface area contributed by atoms with Crippen LogP contribution in [0.4, 0.5) is 0 Å². The van der Waals surface area contributed by atoms with E-state index >= 15 is 0 Å². The minimum atomic E-state index is 0.0659. The Hall–Kier alpha value is -2.17. The third kappa shape index (κ3) is 2.34. The molecule has 0 atom stereocenters. The number of hydrogen-bond acceptors (Lipinski definition) is 3. The summed E-state index contributed by atoms with van der Waals surface area (Å²) in [5.74, 6) is 2.59. The number of rotatable bonds is 3. The average Bonchev–Trinajstić information content (AvgIpc) is 3.07. The van der Waals surface area contributed by atoms with Crippen LogP contribution in [0, 0.1) is 17.8 Å². The molecule has 124 valence electrons. The van der Waals surface area contributed by atoms with E-state index in [0.717, 1.165) is 29.0 Å². The maximum absolute atomic E-state index is 12.8. The molecule has 1 heterocycles. The molecule has 0 spiro atoms. The molecule has 4 fully saturated rings. The first-order valence-corrected chi connectivity index (χ1v) is 8.97. The first-order chi connectivity index (χ1) is 11.7. The van der Waals surface area contributed by atoms with Crippen LogP contribution in [0.15, 0.2) is 36.9 Å². The number of benzene rings is 1. The SMILES string of the molecule is O=C(NC12CC3CC(CC(C3)C1)C2)c1ccc(-n2cncn2)cc1. The Labute approximate surface area is 141 Å². The van der Waals surface area contributed by atoms with Crippen LogP contribution < -0.4 is 5.32 Å². The van der Waals surface area contributed by atoms with Crippen molar-refractivity contribution < 1.29 is 4.79 Å². The second-order valence-corrected chi connectivity index (χ2v) is 8.04. The highest BCUT2D eigenvalue weighted by Gasteiger charge is 2.51. The number of carbonyl (C=O) groups excluding carboxylic acids is 1. The fourth-order valence-corrected chi connectivity index (χ4v) is 5.68. The van der Waals surface area contributed by atoms with Gasteiger partial charge in [-0.3, -0.25) is 4.79 Å². The molecule has 4 bridgehead atoms. The lowest BCUT2D eigenvalue weighted by atomic mass is 9.53. The number of hydrogen-bond donors (Lipinski definition) is 1. The van der Waals surface area contributed by atoms with Crippen LogP contribution >= 0.6 is 0 Å². The van der Waals surface area contributed by atoms with Crippen molar-refractivity contribution in [2.75, 3.05) is 0 Å². The smallest absolute Gasteiger partial charge is 0.251 e. The van der Waals surface area contributed by atoms with E-state index in [2.05, 4.69) is 15.4 Å². The van der Waals surface area contributed by atoms with Crippen LogP contribution in [0.3, 0.4) is 0 Å². The van der Waals surface area contributed by atoms with Crippen LogP contribution in [-0.4, -0.2) is 26.2 Å². The molecule has 24 heavy (non-hydrogen) atoms. The van der Waals surface area contributed by atoms with Gasteiger partial charge < -0.3 is 5.32 Å². The predicted octanol–water partition coefficient (Wildman–Crippen LogP) is 2.97. The summed E-state index contributed by atoms with van der Waals surface area (Å²) in [5.41, 5.74) is 1.71. The Morgan fingerprint density at radius 2 is 1.67 bits per heavy atom. The molecule has 5 heteroatoms. The van der Waals surface area contributed by atoms with Gasteiger partial charge in [0.25, 0.3) is 5.91 Å². The van der Waals surface area contributed by atoms with Crippen molar-refractivity contribution in [1.82, 2.24) is 20.1 Å². The summed E-state index contributed by atoms with van der Waals surface area (Å²) in [5, 5.41) is 7.53. The van der Waals surface area contributed by atoms with Gasteiger partial charge in [-0.2, -0.15) is 5.10 Å². The lowest BCUT2D eigenvalue weighted by Gasteiger charge is -2.56. The summed E-state index contributed by atoms with van der Waals surface area (Å²) in [6, 6.07) is 7.60. The third-order valence-electron chi connectivity index (χ3n) is 6.23. The zero-order chi connectivity index (χ0) is 16.1. The van der Waals surface area contributed by atoms with Gasteiger partial charge in [0, 0.05) is 11.1 Å². The zero-order valence-corrected chi connectivity index (χ0v) is 13.7. The molecule has 0 unspecified atom stereocenters. The molecule has 2 aromatic rings. The Morgan fingerprint density at radius 3 is 2.21 bits per heavy atom. The Kier molecular flexibility index (Phi) is 3.05. The molecule has 0 saturated heterocycles. The van der Waals surface area contributed by atoms with Gasteiger partial charge >= 0.3 is 0 Å². The second kappa shape index (κ2) is 5.16. The summed E-state index contributed by atoms with van der Waals surface area (Å²) >= 11 is 0. The number of nitrogens with zero attached hydrogens (tertiary/aromatic N) is 3. The Balaban J connectivity index is 1.34. The molecule has 0 radical (unpaired) electrons. The molecule has 4 saturated carbocycles. The van der Waals surface area contributed by atoms with Gasteiger partial charge in [0.1, 0.15) is 12.7 Å². The predicted molar refractivity (Wildman–Crippen MR) is 89.7 cm³/mol. The molecule has 0 aliphatic heterocycles. The molecule has 4 aliphatic rings. The highest BCUT2D eigenvalue weighted by Crippen LogP contribution is 2.55. The first kappa shape index (κ1) is 14.2. The molecular weight excluding hydrogens is 300 g/mol. The van der Waals surface area contributed by atoms with E-state index in [1.165, 1.54) is 44.9 Å². The van der Waals surface area contributed by atoms with Crippen LogP contribution in [-0.2, 0) is 0 Å². The van der Waals surface area contributed by atoms with Gasteiger partial charge in [-0.25, -0.2) is 9.67 Å². The largest absolute Gasteiger partial charge is 0.347 e. The number of nitrogens with one attached hydrogen (secondary N) is 1. The summed E-state index contributed by atoms with van der Waals surface area (Å²) in [7, 11) is 0. The van der Waals surface area contributed by atoms with Crippen molar-refractivity contribution in [2.45, 2.75) is 44.1 Å². The quantitative estimate of drug-likeness (QED) is 0.945. The van der Waals surface area contributed by atoms with Crippen molar-refractivity contribution in [1.29, 1.82) is 0 Å². The van der Waals surface area contributed by atoms with Crippen LogP contribution in [0.1, 0.15) is 48.9 Å². The number of carbonyl (C=O) groups is 1. The van der Waals surface area contributed by atoms with Crippen LogP contribution in [0.5, 0.6) is 0 Å². The molecule has 4 aliphatic carbocycles. The summed E-state index contributed by atoms with van der Waals surface area (Å²) < 4.78 is 1.70. The van der Waals surface area contributed by atoms with E-state index in [4.69, 9.17) is 0 Å². The van der Waals surface area contributed by atoms with Gasteiger partial charge in [0.2, 0.25) is 0 Å². The maximum Gasteiger partial charge on any atom is 0.251 e. The van der Waals surface area contributed by atoms with E-state index in [-0.39, 0.29) is 11.4 Å². The van der Waals surface area contributed by atoms with Gasteiger partial charge in [0.05, 0.1) is 5.69 Å². The van der Waals surface area contributed by atoms with Crippen LogP contribution in [0.25, 0.3) is 5.69 Å². The van der Waals surface area contributed by atoms with E-state index in [1.54, 1.807) is 11.0 Å². The molecule has 5 nitrogen and oxygen atoms in total. The maximum atomic E-state index is 12.8. The fourth-order valence-electron chi connectivity index (χ4n) is 5.68. The molecule has 1 amide bonds. The molecule has 1 aromatic heterocycles. The van der Waals surface area contributed by atoms with Gasteiger partial charge in [-0.05, 0) is 80.5 Å². The molecule has 6 rings (SSSR count). The van der Waals surface area contributed by atoms with E-state index in [9.17, 15) is 4.79 Å². The Bertz CT molecular complexity index is 715. The molecule has 1 N–H and O–H groups in total. The standard InChI is InChI=1S/C19H22N4O/c24-18(16-1-3-17(4-2-16)23-12-20-11-21-23)22-19-8-13-5-14(9-19)7-15(6-13)10-19/h1-4,11-15H,5-10H2,(H,22,24). The van der Waals surface area contributed by atoms with Crippen molar-refractivity contribution >= 4 is 5.91 Å². The highest BCUT2D eigenvalue weighted by atomic mass is 16.1. The number of amides is 1. The van der Waals surface area contributed by atoms with Crippen molar-refractivity contribution in [3.8, 4) is 5.69 Å². The summed E-state index contributed by atoms with van der Waals surface area (Å²) in [6.07, 6.45) is 10.9. The van der Waals surface area contributed by atoms with Crippen LogP contribution in [0.2, 0.25) is 0 Å². The topological polar surface area (TPSA) is 59.8 Å². The first-order valence-electron chi connectivity index (χ1n) is 8.97. The van der Waals surface area contributed by atoms with Crippen molar-refractivity contribution in [3.63, 3.8) is 0 Å². The lowest BCUT2D eigenvalue weighted by Crippen LogP contribution is -2.59. The van der Waals surface area contributed by atoms with Gasteiger partial charge in [-0.1, -0.05) is 0 Å². The van der Waals surface area contributed by atoms with Gasteiger partial charge in [0.15, 0.2) is 0 Å². The second-order valence-electron chi connectivity index (χ2n) is 8.04.